The monoisotopic (exact) mass is 294 g/mol. The van der Waals surface area contributed by atoms with E-state index in [0.717, 1.165) is 16.1 Å². The number of anilines is 1. The van der Waals surface area contributed by atoms with E-state index in [1.165, 1.54) is 5.56 Å². The molecule has 0 fully saturated rings. The maximum atomic E-state index is 5.75. The SMILES string of the molecule is Cc1ccc(NC(CN)c2ccc(Br)o2)cc1. The van der Waals surface area contributed by atoms with Gasteiger partial charge in [0.05, 0.1) is 6.04 Å². The van der Waals surface area contributed by atoms with Crippen LogP contribution in [0, 0.1) is 6.92 Å². The Labute approximate surface area is 109 Å². The fourth-order valence-corrected chi connectivity index (χ4v) is 1.93. The average molecular weight is 295 g/mol. The van der Waals surface area contributed by atoms with Crippen molar-refractivity contribution in [1.29, 1.82) is 0 Å². The molecule has 17 heavy (non-hydrogen) atoms. The van der Waals surface area contributed by atoms with E-state index in [2.05, 4.69) is 40.3 Å². The van der Waals surface area contributed by atoms with Crippen molar-refractivity contribution in [2.24, 2.45) is 5.73 Å². The van der Waals surface area contributed by atoms with Crippen molar-refractivity contribution in [3.05, 3.63) is 52.4 Å². The molecule has 0 bridgehead atoms. The quantitative estimate of drug-likeness (QED) is 0.908. The van der Waals surface area contributed by atoms with E-state index in [4.69, 9.17) is 10.2 Å². The molecule has 0 spiro atoms. The van der Waals surface area contributed by atoms with Crippen LogP contribution in [0.15, 0.2) is 45.5 Å². The third-order valence-corrected chi connectivity index (χ3v) is 2.99. The number of hydrogen-bond acceptors (Lipinski definition) is 3. The summed E-state index contributed by atoms with van der Waals surface area (Å²) in [4.78, 5) is 0. The largest absolute Gasteiger partial charge is 0.452 e. The molecule has 0 saturated carbocycles. The Hall–Kier alpha value is -1.26. The summed E-state index contributed by atoms with van der Waals surface area (Å²) in [6, 6.07) is 12.0. The van der Waals surface area contributed by atoms with Gasteiger partial charge in [0.15, 0.2) is 4.67 Å². The first kappa shape index (κ1) is 12.2. The Bertz CT molecular complexity index is 478. The van der Waals surface area contributed by atoms with Gasteiger partial charge in [0.1, 0.15) is 5.76 Å². The van der Waals surface area contributed by atoms with Gasteiger partial charge in [-0.2, -0.15) is 0 Å². The van der Waals surface area contributed by atoms with Crippen molar-refractivity contribution in [3.8, 4) is 0 Å². The lowest BCUT2D eigenvalue weighted by Gasteiger charge is -2.15. The molecular weight excluding hydrogens is 280 g/mol. The Morgan fingerprint density at radius 1 is 1.24 bits per heavy atom. The molecule has 3 N–H and O–H groups in total. The number of nitrogens with two attached hydrogens (primary N) is 1. The summed E-state index contributed by atoms with van der Waals surface area (Å²) in [6.07, 6.45) is 0. The van der Waals surface area contributed by atoms with Crippen LogP contribution in [-0.4, -0.2) is 6.54 Å². The number of hydrogen-bond donors (Lipinski definition) is 2. The summed E-state index contributed by atoms with van der Waals surface area (Å²) < 4.78 is 6.23. The molecule has 0 amide bonds. The fraction of sp³-hybridized carbons (Fsp3) is 0.231. The maximum absolute atomic E-state index is 5.75. The van der Waals surface area contributed by atoms with Crippen molar-refractivity contribution >= 4 is 21.6 Å². The number of rotatable bonds is 4. The summed E-state index contributed by atoms with van der Waals surface area (Å²) in [6.45, 7) is 2.54. The molecule has 4 heteroatoms. The minimum Gasteiger partial charge on any atom is -0.452 e. The Kier molecular flexibility index (Phi) is 3.86. The van der Waals surface area contributed by atoms with Crippen molar-refractivity contribution in [3.63, 3.8) is 0 Å². The zero-order chi connectivity index (χ0) is 12.3. The van der Waals surface area contributed by atoms with Crippen LogP contribution in [0.4, 0.5) is 5.69 Å². The molecule has 1 aromatic carbocycles. The first-order valence-corrected chi connectivity index (χ1v) is 6.27. The standard InChI is InChI=1S/C13H15BrN2O/c1-9-2-4-10(5-3-9)16-11(8-15)12-6-7-13(14)17-12/h2-7,11,16H,8,15H2,1H3. The number of nitrogens with one attached hydrogen (secondary N) is 1. The molecule has 0 saturated heterocycles. The van der Waals surface area contributed by atoms with E-state index in [9.17, 15) is 0 Å². The summed E-state index contributed by atoms with van der Waals surface area (Å²) >= 11 is 3.29. The second-order valence-corrected chi connectivity index (χ2v) is 4.72. The van der Waals surface area contributed by atoms with E-state index in [-0.39, 0.29) is 6.04 Å². The third kappa shape index (κ3) is 3.11. The molecule has 1 aromatic heterocycles. The number of halogens is 1. The topological polar surface area (TPSA) is 51.2 Å². The van der Waals surface area contributed by atoms with E-state index in [0.29, 0.717) is 6.54 Å². The molecule has 1 unspecified atom stereocenters. The molecule has 0 aliphatic carbocycles. The molecule has 1 atom stereocenters. The predicted octanol–water partition coefficient (Wildman–Crippen LogP) is 3.46. The first-order valence-electron chi connectivity index (χ1n) is 5.47. The Balaban J connectivity index is 2.12. The molecule has 90 valence electrons. The van der Waals surface area contributed by atoms with Crippen molar-refractivity contribution in [1.82, 2.24) is 0 Å². The van der Waals surface area contributed by atoms with E-state index in [1.54, 1.807) is 0 Å². The molecular formula is C13H15BrN2O. The average Bonchev–Trinajstić information content (AvgIpc) is 2.75. The van der Waals surface area contributed by atoms with Gasteiger partial charge in [-0.3, -0.25) is 0 Å². The highest BCUT2D eigenvalue weighted by molar-refractivity contribution is 9.10. The zero-order valence-electron chi connectivity index (χ0n) is 9.61. The Morgan fingerprint density at radius 3 is 2.47 bits per heavy atom. The highest BCUT2D eigenvalue weighted by Gasteiger charge is 2.13. The summed E-state index contributed by atoms with van der Waals surface area (Å²) in [5.41, 5.74) is 8.03. The molecule has 2 rings (SSSR count). The highest BCUT2D eigenvalue weighted by Crippen LogP contribution is 2.23. The molecule has 0 radical (unpaired) electrons. The van der Waals surface area contributed by atoms with Crippen LogP contribution >= 0.6 is 15.9 Å². The van der Waals surface area contributed by atoms with Crippen LogP contribution in [0.25, 0.3) is 0 Å². The van der Waals surface area contributed by atoms with Gasteiger partial charge in [-0.25, -0.2) is 0 Å². The first-order chi connectivity index (χ1) is 8.19. The van der Waals surface area contributed by atoms with Gasteiger partial charge in [-0.15, -0.1) is 0 Å². The third-order valence-electron chi connectivity index (χ3n) is 2.57. The van der Waals surface area contributed by atoms with Gasteiger partial charge in [-0.05, 0) is 47.1 Å². The maximum Gasteiger partial charge on any atom is 0.169 e. The van der Waals surface area contributed by atoms with Gasteiger partial charge >= 0.3 is 0 Å². The summed E-state index contributed by atoms with van der Waals surface area (Å²) in [5.74, 6) is 0.833. The van der Waals surface area contributed by atoms with Crippen LogP contribution < -0.4 is 11.1 Å². The lowest BCUT2D eigenvalue weighted by Crippen LogP contribution is -2.19. The van der Waals surface area contributed by atoms with E-state index < -0.39 is 0 Å². The number of furan rings is 1. The second-order valence-electron chi connectivity index (χ2n) is 3.94. The number of aryl methyl sites for hydroxylation is 1. The number of benzene rings is 1. The molecule has 0 aliphatic heterocycles. The second kappa shape index (κ2) is 5.38. The van der Waals surface area contributed by atoms with Gasteiger partial charge in [-0.1, -0.05) is 17.7 Å². The molecule has 1 heterocycles. The predicted molar refractivity (Wildman–Crippen MR) is 73.0 cm³/mol. The van der Waals surface area contributed by atoms with Crippen molar-refractivity contribution < 1.29 is 4.42 Å². The van der Waals surface area contributed by atoms with Gasteiger partial charge in [0, 0.05) is 12.2 Å². The zero-order valence-corrected chi connectivity index (χ0v) is 11.2. The summed E-state index contributed by atoms with van der Waals surface area (Å²) in [5, 5.41) is 3.35. The van der Waals surface area contributed by atoms with E-state index >= 15 is 0 Å². The van der Waals surface area contributed by atoms with E-state index in [1.807, 2.05) is 24.3 Å². The minimum absolute atomic E-state index is 0.0102. The molecule has 2 aromatic rings. The fourth-order valence-electron chi connectivity index (χ4n) is 1.61. The van der Waals surface area contributed by atoms with Gasteiger partial charge in [0.2, 0.25) is 0 Å². The van der Waals surface area contributed by atoms with Crippen LogP contribution in [-0.2, 0) is 0 Å². The highest BCUT2D eigenvalue weighted by atomic mass is 79.9. The normalized spacial score (nSPS) is 12.4. The van der Waals surface area contributed by atoms with Gasteiger partial charge in [0.25, 0.3) is 0 Å². The van der Waals surface area contributed by atoms with Crippen LogP contribution in [0.2, 0.25) is 0 Å². The smallest absolute Gasteiger partial charge is 0.169 e. The van der Waals surface area contributed by atoms with Crippen molar-refractivity contribution in [2.75, 3.05) is 11.9 Å². The minimum atomic E-state index is -0.0102. The lowest BCUT2D eigenvalue weighted by atomic mass is 10.2. The van der Waals surface area contributed by atoms with Gasteiger partial charge < -0.3 is 15.5 Å². The molecule has 0 aliphatic rings. The molecule has 3 nitrogen and oxygen atoms in total. The van der Waals surface area contributed by atoms with Crippen molar-refractivity contribution in [2.45, 2.75) is 13.0 Å². The lowest BCUT2D eigenvalue weighted by molar-refractivity contribution is 0.463. The summed E-state index contributed by atoms with van der Waals surface area (Å²) in [7, 11) is 0. The van der Waals surface area contributed by atoms with Crippen LogP contribution in [0.1, 0.15) is 17.4 Å². The van der Waals surface area contributed by atoms with Crippen LogP contribution in [0.3, 0.4) is 0 Å². The Morgan fingerprint density at radius 2 is 1.94 bits per heavy atom. The van der Waals surface area contributed by atoms with Crippen LogP contribution in [0.5, 0.6) is 0 Å².